The molecule has 0 saturated carbocycles. The molecule has 1 N–H and O–H groups in total. The molecular formula is C20H19NO9S. The van der Waals surface area contributed by atoms with E-state index in [1.54, 1.807) is 0 Å². The molecule has 10 nitrogen and oxygen atoms in total. The molecule has 0 radical (unpaired) electrons. The summed E-state index contributed by atoms with van der Waals surface area (Å²) in [4.78, 5) is 47.8. The van der Waals surface area contributed by atoms with E-state index in [1.807, 2.05) is 0 Å². The monoisotopic (exact) mass is 449 g/mol. The maximum atomic E-state index is 12.1. The molecule has 0 aliphatic heterocycles. The number of carbonyl (C=O) groups excluding carboxylic acids is 4. The number of benzene rings is 2. The number of hydrogen-bond donors (Lipinski definition) is 1. The van der Waals surface area contributed by atoms with Crippen LogP contribution in [0.4, 0.5) is 5.69 Å². The molecule has 2 aromatic rings. The van der Waals surface area contributed by atoms with Crippen LogP contribution >= 0.6 is 0 Å². The van der Waals surface area contributed by atoms with Gasteiger partial charge in [-0.05, 0) is 42.5 Å². The summed E-state index contributed by atoms with van der Waals surface area (Å²) in [6.07, 6.45) is 1.03. The molecule has 0 heterocycles. The van der Waals surface area contributed by atoms with Gasteiger partial charge in [0.2, 0.25) is 0 Å². The van der Waals surface area contributed by atoms with E-state index in [1.165, 1.54) is 42.5 Å². The molecule has 31 heavy (non-hydrogen) atoms. The third-order valence-corrected chi connectivity index (χ3v) is 5.04. The first-order valence-corrected chi connectivity index (χ1v) is 10.5. The second-order valence-electron chi connectivity index (χ2n) is 6.20. The normalized spacial score (nSPS) is 10.7. The van der Waals surface area contributed by atoms with Gasteiger partial charge in [0.25, 0.3) is 5.91 Å². The van der Waals surface area contributed by atoms with Gasteiger partial charge in [0.05, 0.1) is 35.8 Å². The zero-order valence-corrected chi connectivity index (χ0v) is 17.6. The van der Waals surface area contributed by atoms with Gasteiger partial charge < -0.3 is 19.5 Å². The Hall–Kier alpha value is -3.73. The fourth-order valence-electron chi connectivity index (χ4n) is 2.42. The molecule has 0 unspecified atom stereocenters. The van der Waals surface area contributed by atoms with Crippen LogP contribution in [0.1, 0.15) is 31.1 Å². The average molecular weight is 449 g/mol. The van der Waals surface area contributed by atoms with E-state index in [4.69, 9.17) is 4.74 Å². The van der Waals surface area contributed by atoms with Crippen LogP contribution in [-0.4, -0.2) is 59.3 Å². The van der Waals surface area contributed by atoms with Crippen molar-refractivity contribution in [2.45, 2.75) is 4.90 Å². The van der Waals surface area contributed by atoms with Gasteiger partial charge in [-0.2, -0.15) is 0 Å². The highest BCUT2D eigenvalue weighted by molar-refractivity contribution is 7.90. The van der Waals surface area contributed by atoms with Gasteiger partial charge in [-0.25, -0.2) is 22.8 Å². The number of ether oxygens (including phenoxy) is 3. The number of carbonyl (C=O) groups is 4. The highest BCUT2D eigenvalue weighted by atomic mass is 32.2. The number of hydrogen-bond acceptors (Lipinski definition) is 9. The first-order valence-electron chi connectivity index (χ1n) is 8.64. The van der Waals surface area contributed by atoms with E-state index in [9.17, 15) is 27.6 Å². The van der Waals surface area contributed by atoms with Gasteiger partial charge in [0.15, 0.2) is 16.4 Å². The zero-order valence-electron chi connectivity index (χ0n) is 16.8. The highest BCUT2D eigenvalue weighted by Crippen LogP contribution is 2.17. The lowest BCUT2D eigenvalue weighted by Gasteiger charge is -2.10. The molecule has 0 spiro atoms. The average Bonchev–Trinajstić information content (AvgIpc) is 2.75. The van der Waals surface area contributed by atoms with Crippen molar-refractivity contribution in [3.05, 3.63) is 59.2 Å². The lowest BCUT2D eigenvalue weighted by atomic mass is 10.1. The first-order chi connectivity index (χ1) is 14.5. The van der Waals surface area contributed by atoms with Gasteiger partial charge in [-0.15, -0.1) is 0 Å². The van der Waals surface area contributed by atoms with Crippen LogP contribution in [-0.2, 0) is 28.8 Å². The minimum absolute atomic E-state index is 0.00339. The number of nitrogens with one attached hydrogen (secondary N) is 1. The van der Waals surface area contributed by atoms with E-state index in [0.29, 0.717) is 0 Å². The Morgan fingerprint density at radius 3 is 1.77 bits per heavy atom. The predicted octanol–water partition coefficient (Wildman–Crippen LogP) is 1.46. The molecule has 2 rings (SSSR count). The van der Waals surface area contributed by atoms with E-state index < -0.39 is 40.3 Å². The van der Waals surface area contributed by atoms with Crippen LogP contribution in [0.25, 0.3) is 0 Å². The van der Waals surface area contributed by atoms with Gasteiger partial charge >= 0.3 is 17.9 Å². The van der Waals surface area contributed by atoms with Crippen LogP contribution in [0.15, 0.2) is 47.4 Å². The van der Waals surface area contributed by atoms with Crippen molar-refractivity contribution < 1.29 is 41.8 Å². The smallest absolute Gasteiger partial charge is 0.338 e. The van der Waals surface area contributed by atoms with Crippen molar-refractivity contribution in [1.82, 2.24) is 0 Å². The Balaban J connectivity index is 2.07. The molecule has 0 aliphatic rings. The molecule has 0 fully saturated rings. The molecule has 0 saturated heterocycles. The van der Waals surface area contributed by atoms with Gasteiger partial charge in [-0.1, -0.05) is 0 Å². The quantitative estimate of drug-likeness (QED) is 0.491. The Morgan fingerprint density at radius 2 is 1.32 bits per heavy atom. The van der Waals surface area contributed by atoms with Crippen LogP contribution in [0.2, 0.25) is 0 Å². The third kappa shape index (κ3) is 6.37. The number of amides is 1. The largest absolute Gasteiger partial charge is 0.465 e. The van der Waals surface area contributed by atoms with Gasteiger partial charge in [0, 0.05) is 11.9 Å². The first kappa shape index (κ1) is 23.5. The van der Waals surface area contributed by atoms with Crippen LogP contribution < -0.4 is 5.32 Å². The van der Waals surface area contributed by atoms with E-state index in [2.05, 4.69) is 14.8 Å². The van der Waals surface area contributed by atoms with Gasteiger partial charge in [-0.3, -0.25) is 4.79 Å². The van der Waals surface area contributed by atoms with Gasteiger partial charge in [0.1, 0.15) is 0 Å². The molecular weight excluding hydrogens is 430 g/mol. The van der Waals surface area contributed by atoms with Crippen molar-refractivity contribution in [3.63, 3.8) is 0 Å². The summed E-state index contributed by atoms with van der Waals surface area (Å²) in [6.45, 7) is -0.664. The highest BCUT2D eigenvalue weighted by Gasteiger charge is 2.16. The summed E-state index contributed by atoms with van der Waals surface area (Å²) in [7, 11) is -1.09. The van der Waals surface area contributed by atoms with Crippen molar-refractivity contribution >= 4 is 39.3 Å². The molecule has 0 aromatic heterocycles. The number of rotatable bonds is 7. The zero-order chi connectivity index (χ0) is 23.2. The maximum absolute atomic E-state index is 12.1. The second-order valence-corrected chi connectivity index (χ2v) is 8.22. The predicted molar refractivity (Wildman–Crippen MR) is 108 cm³/mol. The second kappa shape index (κ2) is 9.85. The Bertz CT molecular complexity index is 1090. The van der Waals surface area contributed by atoms with E-state index in [-0.39, 0.29) is 27.3 Å². The number of sulfone groups is 1. The minimum Gasteiger partial charge on any atom is -0.465 e. The summed E-state index contributed by atoms with van der Waals surface area (Å²) >= 11 is 0. The SMILES string of the molecule is COC(=O)c1cc(NC(=O)COC(=O)c2ccc(S(C)(=O)=O)cc2)cc(C(=O)OC)c1. The summed E-state index contributed by atoms with van der Waals surface area (Å²) in [6, 6.07) is 8.83. The van der Waals surface area contributed by atoms with E-state index in [0.717, 1.165) is 20.5 Å². The number of esters is 3. The van der Waals surface area contributed by atoms with Crippen LogP contribution in [0, 0.1) is 0 Å². The minimum atomic E-state index is -3.41. The van der Waals surface area contributed by atoms with Crippen molar-refractivity contribution in [1.29, 1.82) is 0 Å². The standard InChI is InChI=1S/C20H19NO9S/c1-28-18(23)13-8-14(19(24)29-2)10-15(9-13)21-17(22)11-30-20(25)12-4-6-16(7-5-12)31(3,26)27/h4-10H,11H2,1-3H3,(H,21,22). The molecule has 1 amide bonds. The molecule has 0 bridgehead atoms. The Labute approximate surface area is 178 Å². The lowest BCUT2D eigenvalue weighted by molar-refractivity contribution is -0.119. The summed E-state index contributed by atoms with van der Waals surface area (Å²) < 4.78 is 37.0. The Kier molecular flexibility index (Phi) is 7.48. The number of methoxy groups -OCH3 is 2. The molecule has 2 aromatic carbocycles. The van der Waals surface area contributed by atoms with Crippen molar-refractivity contribution in [3.8, 4) is 0 Å². The molecule has 0 aliphatic carbocycles. The Morgan fingerprint density at radius 1 is 0.806 bits per heavy atom. The summed E-state index contributed by atoms with van der Waals surface area (Å²) in [5, 5.41) is 2.41. The van der Waals surface area contributed by atoms with Crippen LogP contribution in [0.5, 0.6) is 0 Å². The third-order valence-electron chi connectivity index (χ3n) is 3.91. The lowest BCUT2D eigenvalue weighted by Crippen LogP contribution is -2.21. The van der Waals surface area contributed by atoms with Crippen LogP contribution in [0.3, 0.4) is 0 Å². The summed E-state index contributed by atoms with van der Waals surface area (Å²) in [5.74, 6) is -3.04. The summed E-state index contributed by atoms with van der Waals surface area (Å²) in [5.41, 5.74) is 0.148. The molecule has 164 valence electrons. The molecule has 11 heteroatoms. The van der Waals surface area contributed by atoms with Crippen molar-refractivity contribution in [2.24, 2.45) is 0 Å². The number of anilines is 1. The molecule has 0 atom stereocenters. The topological polar surface area (TPSA) is 142 Å². The van der Waals surface area contributed by atoms with Crippen molar-refractivity contribution in [2.75, 3.05) is 32.4 Å². The fraction of sp³-hybridized carbons (Fsp3) is 0.200. The van der Waals surface area contributed by atoms with E-state index >= 15 is 0 Å². The maximum Gasteiger partial charge on any atom is 0.338 e. The fourth-order valence-corrected chi connectivity index (χ4v) is 3.05.